The molecule has 0 saturated carbocycles. The monoisotopic (exact) mass is 389 g/mol. The molecule has 2 heterocycles. The van der Waals surface area contributed by atoms with Crippen LogP contribution < -0.4 is 10.6 Å². The van der Waals surface area contributed by atoms with Gasteiger partial charge in [0.25, 0.3) is 11.8 Å². The molecule has 27 heavy (non-hydrogen) atoms. The fourth-order valence-electron chi connectivity index (χ4n) is 3.17. The van der Waals surface area contributed by atoms with Crippen LogP contribution in [0.1, 0.15) is 40.1 Å². The number of nitrogens with one attached hydrogen (secondary N) is 3. The van der Waals surface area contributed by atoms with Gasteiger partial charge in [0.1, 0.15) is 5.82 Å². The van der Waals surface area contributed by atoms with E-state index >= 15 is 0 Å². The topological polar surface area (TPSA) is 90.1 Å². The third-order valence-electron chi connectivity index (χ3n) is 4.85. The average molecular weight is 390 g/mol. The van der Waals surface area contributed by atoms with Crippen molar-refractivity contribution >= 4 is 29.2 Å². The molecule has 3 rings (SSSR count). The van der Waals surface area contributed by atoms with Crippen LogP contribution in [0, 0.1) is 5.92 Å². The molecular weight excluding hydrogens is 366 g/mol. The number of H-pyrrole nitrogens is 1. The van der Waals surface area contributed by atoms with E-state index in [1.807, 2.05) is 0 Å². The van der Waals surface area contributed by atoms with E-state index in [9.17, 15) is 9.59 Å². The quantitative estimate of drug-likeness (QED) is 0.708. The van der Waals surface area contributed by atoms with Crippen molar-refractivity contribution in [2.24, 2.45) is 5.92 Å². The molecule has 7 nitrogen and oxygen atoms in total. The second-order valence-corrected chi connectivity index (χ2v) is 7.30. The maximum atomic E-state index is 12.2. The Labute approximate surface area is 163 Å². The summed E-state index contributed by atoms with van der Waals surface area (Å²) >= 11 is 6.02. The Hall–Kier alpha value is -2.38. The first-order chi connectivity index (χ1) is 13.0. The van der Waals surface area contributed by atoms with E-state index in [2.05, 4.69) is 32.8 Å². The number of anilines is 1. The predicted molar refractivity (Wildman–Crippen MR) is 105 cm³/mol. The molecule has 1 aromatic carbocycles. The number of likely N-dealkylation sites (tertiary alicyclic amines) is 1. The van der Waals surface area contributed by atoms with Gasteiger partial charge in [-0.25, -0.2) is 0 Å². The summed E-state index contributed by atoms with van der Waals surface area (Å²) in [6, 6.07) is 8.28. The van der Waals surface area contributed by atoms with Gasteiger partial charge in [-0.3, -0.25) is 14.7 Å². The third kappa shape index (κ3) is 5.30. The molecule has 8 heteroatoms. The molecule has 1 aliphatic rings. The normalized spacial score (nSPS) is 15.5. The van der Waals surface area contributed by atoms with Crippen molar-refractivity contribution in [3.05, 3.63) is 46.6 Å². The second kappa shape index (κ2) is 9.01. The van der Waals surface area contributed by atoms with Crippen LogP contribution in [0.5, 0.6) is 0 Å². The van der Waals surface area contributed by atoms with Crippen molar-refractivity contribution in [1.82, 2.24) is 20.4 Å². The molecule has 1 saturated heterocycles. The van der Waals surface area contributed by atoms with E-state index in [1.165, 1.54) is 18.9 Å². The summed E-state index contributed by atoms with van der Waals surface area (Å²) in [5.74, 6) is 0.391. The van der Waals surface area contributed by atoms with Gasteiger partial charge in [-0.1, -0.05) is 23.7 Å². The molecule has 0 radical (unpaired) electrons. The number of aromatic nitrogens is 2. The summed E-state index contributed by atoms with van der Waals surface area (Å²) < 4.78 is 0. The van der Waals surface area contributed by atoms with Crippen LogP contribution in [0.4, 0.5) is 5.82 Å². The summed E-state index contributed by atoms with van der Waals surface area (Å²) in [7, 11) is 2.14. The first-order valence-corrected chi connectivity index (χ1v) is 9.49. The van der Waals surface area contributed by atoms with Gasteiger partial charge in [-0.15, -0.1) is 0 Å². The maximum Gasteiger partial charge on any atom is 0.271 e. The van der Waals surface area contributed by atoms with Crippen molar-refractivity contribution in [2.75, 3.05) is 32.0 Å². The number of amides is 2. The number of benzene rings is 1. The van der Waals surface area contributed by atoms with Crippen LogP contribution in [0.15, 0.2) is 30.3 Å². The summed E-state index contributed by atoms with van der Waals surface area (Å²) in [4.78, 5) is 26.8. The van der Waals surface area contributed by atoms with E-state index < -0.39 is 0 Å². The molecule has 2 amide bonds. The Morgan fingerprint density at radius 3 is 2.74 bits per heavy atom. The largest absolute Gasteiger partial charge is 0.351 e. The summed E-state index contributed by atoms with van der Waals surface area (Å²) in [6.45, 7) is 2.86. The lowest BCUT2D eigenvalue weighted by molar-refractivity contribution is 0.0943. The number of piperidine rings is 1. The minimum Gasteiger partial charge on any atom is -0.351 e. The van der Waals surface area contributed by atoms with Crippen LogP contribution in [-0.2, 0) is 0 Å². The van der Waals surface area contributed by atoms with E-state index in [-0.39, 0.29) is 17.5 Å². The van der Waals surface area contributed by atoms with Crippen molar-refractivity contribution < 1.29 is 9.59 Å². The molecule has 0 aliphatic carbocycles. The lowest BCUT2D eigenvalue weighted by Gasteiger charge is -2.28. The van der Waals surface area contributed by atoms with E-state index in [1.54, 1.807) is 24.3 Å². The summed E-state index contributed by atoms with van der Waals surface area (Å²) in [5.41, 5.74) is 0.603. The van der Waals surface area contributed by atoms with Gasteiger partial charge in [0, 0.05) is 12.6 Å². The number of aromatic amines is 1. The molecule has 2 aromatic rings. The number of hydrogen-bond acceptors (Lipinski definition) is 4. The molecule has 3 N–H and O–H groups in total. The number of rotatable bonds is 6. The Bertz CT molecular complexity index is 799. The highest BCUT2D eigenvalue weighted by atomic mass is 35.5. The molecular formula is C19H24ClN5O2. The van der Waals surface area contributed by atoms with Gasteiger partial charge >= 0.3 is 0 Å². The molecule has 1 aromatic heterocycles. The lowest BCUT2D eigenvalue weighted by atomic mass is 9.94. The van der Waals surface area contributed by atoms with Crippen molar-refractivity contribution in [2.45, 2.75) is 19.3 Å². The van der Waals surface area contributed by atoms with Crippen LogP contribution in [0.2, 0.25) is 5.02 Å². The van der Waals surface area contributed by atoms with Gasteiger partial charge in [0.05, 0.1) is 10.6 Å². The molecule has 0 spiro atoms. The Balaban J connectivity index is 1.47. The molecule has 1 aliphatic heterocycles. The summed E-state index contributed by atoms with van der Waals surface area (Å²) in [5, 5.41) is 12.5. The zero-order valence-corrected chi connectivity index (χ0v) is 16.1. The van der Waals surface area contributed by atoms with Gasteiger partial charge in [-0.2, -0.15) is 5.10 Å². The molecule has 0 atom stereocenters. The van der Waals surface area contributed by atoms with E-state index in [0.29, 0.717) is 28.9 Å². The maximum absolute atomic E-state index is 12.2. The van der Waals surface area contributed by atoms with Crippen LogP contribution in [0.25, 0.3) is 0 Å². The van der Waals surface area contributed by atoms with Crippen molar-refractivity contribution in [3.63, 3.8) is 0 Å². The standard InChI is InChI=1S/C19H24ClN5O2/c1-25-10-7-13(8-11-25)6-9-21-19(27)16-12-17(24-23-16)22-18(26)14-4-2-3-5-15(14)20/h2-5,12-13H,6-11H2,1H3,(H,21,27)(H2,22,23,24,26). The highest BCUT2D eigenvalue weighted by molar-refractivity contribution is 6.34. The Kier molecular flexibility index (Phi) is 6.47. The second-order valence-electron chi connectivity index (χ2n) is 6.89. The van der Waals surface area contributed by atoms with Gasteiger partial charge in [0.15, 0.2) is 5.69 Å². The van der Waals surface area contributed by atoms with Crippen LogP contribution in [-0.4, -0.2) is 53.6 Å². The minimum absolute atomic E-state index is 0.243. The smallest absolute Gasteiger partial charge is 0.271 e. The molecule has 0 bridgehead atoms. The number of carbonyl (C=O) groups excluding carboxylic acids is 2. The summed E-state index contributed by atoms with van der Waals surface area (Å²) in [6.07, 6.45) is 3.32. The van der Waals surface area contributed by atoms with Crippen LogP contribution >= 0.6 is 11.6 Å². The van der Waals surface area contributed by atoms with Gasteiger partial charge in [-0.05, 0) is 57.5 Å². The molecule has 0 unspecified atom stereocenters. The number of halogens is 1. The minimum atomic E-state index is -0.363. The fraction of sp³-hybridized carbons (Fsp3) is 0.421. The Morgan fingerprint density at radius 2 is 2.00 bits per heavy atom. The highest BCUT2D eigenvalue weighted by Gasteiger charge is 2.18. The van der Waals surface area contributed by atoms with Gasteiger partial charge < -0.3 is 15.5 Å². The van der Waals surface area contributed by atoms with E-state index in [4.69, 9.17) is 11.6 Å². The first kappa shape index (κ1) is 19.4. The third-order valence-corrected chi connectivity index (χ3v) is 5.18. The zero-order chi connectivity index (χ0) is 19.2. The number of hydrogen-bond donors (Lipinski definition) is 3. The fourth-order valence-corrected chi connectivity index (χ4v) is 3.39. The van der Waals surface area contributed by atoms with Crippen molar-refractivity contribution in [3.8, 4) is 0 Å². The predicted octanol–water partition coefficient (Wildman–Crippen LogP) is 2.78. The lowest BCUT2D eigenvalue weighted by Crippen LogP contribution is -2.32. The average Bonchev–Trinajstić information content (AvgIpc) is 3.12. The number of nitrogens with zero attached hydrogens (tertiary/aromatic N) is 2. The molecule has 144 valence electrons. The van der Waals surface area contributed by atoms with Crippen molar-refractivity contribution in [1.29, 1.82) is 0 Å². The molecule has 1 fully saturated rings. The Morgan fingerprint density at radius 1 is 1.26 bits per heavy atom. The van der Waals surface area contributed by atoms with Crippen LogP contribution in [0.3, 0.4) is 0 Å². The van der Waals surface area contributed by atoms with Gasteiger partial charge in [0.2, 0.25) is 0 Å². The first-order valence-electron chi connectivity index (χ1n) is 9.11. The number of carbonyl (C=O) groups is 2. The van der Waals surface area contributed by atoms with E-state index in [0.717, 1.165) is 19.5 Å². The SMILES string of the molecule is CN1CCC(CCNC(=O)c2cc(NC(=O)c3ccccc3Cl)[nH]n2)CC1. The highest BCUT2D eigenvalue weighted by Crippen LogP contribution is 2.19. The zero-order valence-electron chi connectivity index (χ0n) is 15.3.